The summed E-state index contributed by atoms with van der Waals surface area (Å²) in [6.45, 7) is 2.22. The monoisotopic (exact) mass is 633 g/mol. The predicted molar refractivity (Wildman–Crippen MR) is 163 cm³/mol. The van der Waals surface area contributed by atoms with Gasteiger partial charge in [0, 0.05) is 30.1 Å². The molecule has 4 aromatic rings. The van der Waals surface area contributed by atoms with Gasteiger partial charge in [-0.3, -0.25) is 14.5 Å². The number of likely N-dealkylation sites (N-methyl/N-ethyl adjacent to an activating group) is 2. The van der Waals surface area contributed by atoms with Crippen LogP contribution in [0.3, 0.4) is 0 Å². The van der Waals surface area contributed by atoms with Crippen LogP contribution in [-0.2, 0) is 11.0 Å². The normalized spacial score (nSPS) is 16.9. The van der Waals surface area contributed by atoms with Crippen LogP contribution in [0.1, 0.15) is 51.6 Å². The number of rotatable bonds is 9. The minimum Gasteiger partial charge on any atom is -0.339 e. The molecular formula is C33H31F4N7O2. The van der Waals surface area contributed by atoms with Crippen LogP contribution in [0.4, 0.5) is 23.4 Å². The zero-order valence-electron chi connectivity index (χ0n) is 25.2. The van der Waals surface area contributed by atoms with Crippen molar-refractivity contribution in [3.8, 4) is 11.9 Å². The highest BCUT2D eigenvalue weighted by Gasteiger charge is 2.47. The van der Waals surface area contributed by atoms with Gasteiger partial charge in [0.1, 0.15) is 17.7 Å². The van der Waals surface area contributed by atoms with E-state index in [4.69, 9.17) is 5.10 Å². The molecule has 1 aromatic heterocycles. The molecule has 46 heavy (non-hydrogen) atoms. The number of halogens is 4. The van der Waals surface area contributed by atoms with Gasteiger partial charge in [-0.2, -0.15) is 23.5 Å². The Morgan fingerprint density at radius 3 is 2.37 bits per heavy atom. The number of nitrogens with one attached hydrogen (secondary N) is 2. The Bertz CT molecular complexity index is 1770. The van der Waals surface area contributed by atoms with Gasteiger partial charge in [0.25, 0.3) is 11.8 Å². The number of anilines is 1. The summed E-state index contributed by atoms with van der Waals surface area (Å²) in [5.74, 6) is -2.52. The lowest BCUT2D eigenvalue weighted by atomic mass is 9.80. The number of fused-ring (bicyclic) bond motifs is 1. The Morgan fingerprint density at radius 1 is 1.07 bits per heavy atom. The molecule has 238 valence electrons. The Morgan fingerprint density at radius 2 is 1.76 bits per heavy atom. The van der Waals surface area contributed by atoms with E-state index in [1.807, 2.05) is 55.5 Å². The molecule has 2 amide bonds. The minimum atomic E-state index is -4.68. The van der Waals surface area contributed by atoms with Crippen LogP contribution >= 0.6 is 0 Å². The standard InChI is InChI=1S/C33H31F4N7O2/c1-4-43-31-27(28(25(39-19-38)18-42(2)3)41-44(31)24-11-6-5-7-12-24)26(20-13-15-23(34)16-14-20)29(32(43)46)40-30(45)21-9-8-10-22(17-21)33(35,36)37/h5-17,25-26,29,39H,4,18H2,1-3H3,(H,40,45)/t25-,26+,29+/m1/s1. The second-order valence-electron chi connectivity index (χ2n) is 11.1. The zero-order valence-corrected chi connectivity index (χ0v) is 25.2. The average molecular weight is 634 g/mol. The molecule has 2 N–H and O–H groups in total. The van der Waals surface area contributed by atoms with Gasteiger partial charge in [0.15, 0.2) is 6.19 Å². The van der Waals surface area contributed by atoms with Gasteiger partial charge in [0.2, 0.25) is 0 Å². The Balaban J connectivity index is 1.76. The van der Waals surface area contributed by atoms with E-state index in [9.17, 15) is 32.4 Å². The van der Waals surface area contributed by atoms with Crippen molar-refractivity contribution in [1.82, 2.24) is 25.3 Å². The van der Waals surface area contributed by atoms with Crippen molar-refractivity contribution in [2.24, 2.45) is 0 Å². The SMILES string of the molecule is CCN1C(=O)[C@@H](NC(=O)c2cccc(C(F)(F)F)c2)[C@@H](c2ccc(F)cc2)c2c([C@@H](CN(C)C)NC#N)nn(-c3ccccc3)c21. The zero-order chi connectivity index (χ0) is 33.2. The van der Waals surface area contributed by atoms with Crippen molar-refractivity contribution in [3.05, 3.63) is 113 Å². The van der Waals surface area contributed by atoms with E-state index in [0.717, 1.165) is 18.2 Å². The van der Waals surface area contributed by atoms with Crippen LogP contribution < -0.4 is 15.5 Å². The van der Waals surface area contributed by atoms with Crippen molar-refractivity contribution < 1.29 is 27.2 Å². The van der Waals surface area contributed by atoms with Crippen molar-refractivity contribution >= 4 is 17.6 Å². The van der Waals surface area contributed by atoms with Crippen molar-refractivity contribution in [3.63, 3.8) is 0 Å². The highest BCUT2D eigenvalue weighted by atomic mass is 19.4. The van der Waals surface area contributed by atoms with E-state index in [1.165, 1.54) is 35.2 Å². The summed E-state index contributed by atoms with van der Waals surface area (Å²) in [7, 11) is 3.65. The third-order valence-corrected chi connectivity index (χ3v) is 7.76. The summed E-state index contributed by atoms with van der Waals surface area (Å²) in [5.41, 5.74) is 0.694. The second-order valence-corrected chi connectivity index (χ2v) is 11.1. The molecule has 0 radical (unpaired) electrons. The summed E-state index contributed by atoms with van der Waals surface area (Å²) in [4.78, 5) is 31.3. The molecule has 0 saturated heterocycles. The maximum absolute atomic E-state index is 14.4. The molecule has 0 saturated carbocycles. The number of carbonyl (C=O) groups excluding carboxylic acids is 2. The third kappa shape index (κ3) is 6.29. The Kier molecular flexibility index (Phi) is 9.11. The molecule has 0 bridgehead atoms. The first-order chi connectivity index (χ1) is 21.9. The topological polar surface area (TPSA) is 106 Å². The van der Waals surface area contributed by atoms with Gasteiger partial charge in [-0.25, -0.2) is 9.07 Å². The first kappa shape index (κ1) is 32.2. The van der Waals surface area contributed by atoms with Crippen molar-refractivity contribution in [2.45, 2.75) is 31.1 Å². The molecule has 2 heterocycles. The maximum Gasteiger partial charge on any atom is 0.416 e. The first-order valence-corrected chi connectivity index (χ1v) is 14.5. The molecule has 1 aliphatic heterocycles. The van der Waals surface area contributed by atoms with Gasteiger partial charge < -0.3 is 15.5 Å². The number of hydrogen-bond donors (Lipinski definition) is 2. The molecular weight excluding hydrogens is 602 g/mol. The van der Waals surface area contributed by atoms with Crippen LogP contribution in [0.25, 0.3) is 5.69 Å². The van der Waals surface area contributed by atoms with Gasteiger partial charge in [-0.05, 0) is 69.0 Å². The maximum atomic E-state index is 14.4. The number of para-hydroxylation sites is 1. The fraction of sp³-hybridized carbons (Fsp3) is 0.273. The number of nitrogens with zero attached hydrogens (tertiary/aromatic N) is 5. The highest BCUT2D eigenvalue weighted by Crippen LogP contribution is 2.45. The van der Waals surface area contributed by atoms with E-state index in [-0.39, 0.29) is 12.1 Å². The van der Waals surface area contributed by atoms with E-state index < -0.39 is 47.4 Å². The van der Waals surface area contributed by atoms with E-state index in [1.54, 1.807) is 11.6 Å². The predicted octanol–water partition coefficient (Wildman–Crippen LogP) is 5.00. The Hall–Kier alpha value is -5.22. The van der Waals surface area contributed by atoms with Gasteiger partial charge >= 0.3 is 6.18 Å². The van der Waals surface area contributed by atoms with Crippen molar-refractivity contribution in [1.29, 1.82) is 5.26 Å². The van der Waals surface area contributed by atoms with Crippen LogP contribution in [-0.4, -0.2) is 59.7 Å². The van der Waals surface area contributed by atoms with Crippen molar-refractivity contribution in [2.75, 3.05) is 32.1 Å². The fourth-order valence-electron chi connectivity index (χ4n) is 5.77. The number of aromatic nitrogens is 2. The lowest BCUT2D eigenvalue weighted by Crippen LogP contribution is -2.55. The number of hydrogen-bond acceptors (Lipinski definition) is 6. The molecule has 0 fully saturated rings. The smallest absolute Gasteiger partial charge is 0.339 e. The number of alkyl halides is 3. The van der Waals surface area contributed by atoms with Gasteiger partial charge in [0.05, 0.1) is 23.0 Å². The van der Waals surface area contributed by atoms with Crippen LogP contribution in [0.15, 0.2) is 78.9 Å². The molecule has 3 aromatic carbocycles. The molecule has 0 unspecified atom stereocenters. The summed E-state index contributed by atoms with van der Waals surface area (Å²) in [6, 6.07) is 16.4. The molecule has 0 spiro atoms. The lowest BCUT2D eigenvalue weighted by molar-refractivity contribution is -0.137. The van der Waals surface area contributed by atoms with E-state index in [2.05, 4.69) is 10.6 Å². The average Bonchev–Trinajstić information content (AvgIpc) is 3.41. The minimum absolute atomic E-state index is 0.153. The summed E-state index contributed by atoms with van der Waals surface area (Å²) in [6.07, 6.45) is -2.69. The number of amides is 2. The highest BCUT2D eigenvalue weighted by molar-refractivity contribution is 6.05. The quantitative estimate of drug-likeness (QED) is 0.153. The fourth-order valence-corrected chi connectivity index (χ4v) is 5.77. The van der Waals surface area contributed by atoms with Crippen LogP contribution in [0.5, 0.6) is 0 Å². The van der Waals surface area contributed by atoms with Crippen LogP contribution in [0.2, 0.25) is 0 Å². The third-order valence-electron chi connectivity index (χ3n) is 7.76. The van der Waals surface area contributed by atoms with E-state index in [0.29, 0.717) is 34.9 Å². The molecule has 13 heteroatoms. The number of benzene rings is 3. The Labute approximate surface area is 263 Å². The summed E-state index contributed by atoms with van der Waals surface area (Å²) >= 11 is 0. The van der Waals surface area contributed by atoms with Gasteiger partial charge in [-0.1, -0.05) is 36.4 Å². The lowest BCUT2D eigenvalue weighted by Gasteiger charge is -2.39. The summed E-state index contributed by atoms with van der Waals surface area (Å²) in [5, 5.41) is 20.2. The van der Waals surface area contributed by atoms with E-state index >= 15 is 0 Å². The van der Waals surface area contributed by atoms with Crippen LogP contribution in [0, 0.1) is 17.3 Å². The first-order valence-electron chi connectivity index (χ1n) is 14.5. The largest absolute Gasteiger partial charge is 0.416 e. The molecule has 0 aliphatic carbocycles. The summed E-state index contributed by atoms with van der Waals surface area (Å²) < 4.78 is 56.2. The molecule has 9 nitrogen and oxygen atoms in total. The number of nitriles is 1. The molecule has 3 atom stereocenters. The van der Waals surface area contributed by atoms with Gasteiger partial charge in [-0.15, -0.1) is 0 Å². The molecule has 5 rings (SSSR count). The molecule has 1 aliphatic rings. The number of carbonyl (C=O) groups is 2. The second kappa shape index (κ2) is 13.0.